The van der Waals surface area contributed by atoms with Gasteiger partial charge in [-0.1, -0.05) is 6.08 Å². The molecule has 1 aromatic rings. The van der Waals surface area contributed by atoms with Crippen LogP contribution in [0.25, 0.3) is 0 Å². The van der Waals surface area contributed by atoms with Crippen LogP contribution in [0.1, 0.15) is 31.3 Å². The van der Waals surface area contributed by atoms with Crippen LogP contribution >= 0.6 is 11.3 Å². The van der Waals surface area contributed by atoms with Crippen molar-refractivity contribution in [1.29, 1.82) is 0 Å². The quantitative estimate of drug-likeness (QED) is 0.649. The number of thiazole rings is 1. The van der Waals surface area contributed by atoms with E-state index in [4.69, 9.17) is 4.74 Å². The highest BCUT2D eigenvalue weighted by atomic mass is 32.1. The molecule has 0 saturated carbocycles. The smallest absolute Gasteiger partial charge is 0.358 e. The van der Waals surface area contributed by atoms with Crippen molar-refractivity contribution in [3.8, 4) is 0 Å². The van der Waals surface area contributed by atoms with E-state index in [0.29, 0.717) is 17.4 Å². The molecule has 0 aromatic carbocycles. The van der Waals surface area contributed by atoms with Gasteiger partial charge >= 0.3 is 5.97 Å². The zero-order valence-electron chi connectivity index (χ0n) is 9.74. The summed E-state index contributed by atoms with van der Waals surface area (Å²) in [6, 6.07) is 0. The van der Waals surface area contributed by atoms with Crippen LogP contribution in [0, 0.1) is 0 Å². The molecule has 4 nitrogen and oxygen atoms in total. The zero-order valence-corrected chi connectivity index (χ0v) is 10.6. The predicted octanol–water partition coefficient (Wildman–Crippen LogP) is 2.70. The summed E-state index contributed by atoms with van der Waals surface area (Å²) in [6.45, 7) is 9.70. The third-order valence-corrected chi connectivity index (χ3v) is 2.31. The second kappa shape index (κ2) is 5.12. The van der Waals surface area contributed by atoms with Crippen molar-refractivity contribution in [2.24, 2.45) is 0 Å². The number of carbonyl (C=O) groups excluding carboxylic acids is 1. The van der Waals surface area contributed by atoms with Gasteiger partial charge in [-0.25, -0.2) is 9.78 Å². The van der Waals surface area contributed by atoms with Gasteiger partial charge in [0, 0.05) is 11.9 Å². The predicted molar refractivity (Wildman–Crippen MR) is 66.0 cm³/mol. The molecule has 0 atom stereocenters. The summed E-state index contributed by atoms with van der Waals surface area (Å²) in [4.78, 5) is 15.7. The maximum absolute atomic E-state index is 11.6. The molecular formula is C11H16N2O2S. The zero-order chi connectivity index (χ0) is 12.2. The third kappa shape index (κ3) is 4.02. The van der Waals surface area contributed by atoms with E-state index in [9.17, 15) is 4.79 Å². The fourth-order valence-electron chi connectivity index (χ4n) is 0.939. The van der Waals surface area contributed by atoms with Crippen LogP contribution in [0.4, 0.5) is 5.13 Å². The van der Waals surface area contributed by atoms with Crippen LogP contribution in [-0.4, -0.2) is 23.1 Å². The SMILES string of the molecule is C=CCNc1nc(C(=O)OC(C)(C)C)cs1. The number of nitrogens with one attached hydrogen (secondary N) is 1. The number of rotatable bonds is 4. The van der Waals surface area contributed by atoms with Gasteiger partial charge < -0.3 is 10.1 Å². The second-order valence-corrected chi connectivity index (χ2v) is 5.07. The number of aromatic nitrogens is 1. The Bertz CT molecular complexity index is 380. The Hall–Kier alpha value is -1.36. The Kier molecular flexibility index (Phi) is 4.06. The number of carbonyl (C=O) groups is 1. The first-order valence-corrected chi connectivity index (χ1v) is 5.84. The molecule has 0 amide bonds. The number of anilines is 1. The van der Waals surface area contributed by atoms with E-state index in [-0.39, 0.29) is 0 Å². The largest absolute Gasteiger partial charge is 0.455 e. The second-order valence-electron chi connectivity index (χ2n) is 4.21. The van der Waals surface area contributed by atoms with Gasteiger partial charge in [0.25, 0.3) is 0 Å². The van der Waals surface area contributed by atoms with E-state index in [1.54, 1.807) is 11.5 Å². The highest BCUT2D eigenvalue weighted by Gasteiger charge is 2.19. The molecule has 0 aliphatic heterocycles. The number of hydrogen-bond donors (Lipinski definition) is 1. The van der Waals surface area contributed by atoms with Crippen molar-refractivity contribution in [2.45, 2.75) is 26.4 Å². The van der Waals surface area contributed by atoms with Gasteiger partial charge in [0.15, 0.2) is 10.8 Å². The molecule has 1 aromatic heterocycles. The molecular weight excluding hydrogens is 224 g/mol. The fourth-order valence-corrected chi connectivity index (χ4v) is 1.63. The van der Waals surface area contributed by atoms with Crippen LogP contribution in [-0.2, 0) is 4.74 Å². The van der Waals surface area contributed by atoms with Crippen LogP contribution in [0.15, 0.2) is 18.0 Å². The van der Waals surface area contributed by atoms with Crippen molar-refractivity contribution in [2.75, 3.05) is 11.9 Å². The third-order valence-electron chi connectivity index (χ3n) is 1.51. The van der Waals surface area contributed by atoms with Gasteiger partial charge in [0.05, 0.1) is 0 Å². The first-order chi connectivity index (χ1) is 7.42. The van der Waals surface area contributed by atoms with Gasteiger partial charge in [-0.3, -0.25) is 0 Å². The van der Waals surface area contributed by atoms with Crippen molar-refractivity contribution in [3.63, 3.8) is 0 Å². The maximum atomic E-state index is 11.6. The topological polar surface area (TPSA) is 51.2 Å². The summed E-state index contributed by atoms with van der Waals surface area (Å²) in [5.74, 6) is -0.393. The van der Waals surface area contributed by atoms with Crippen molar-refractivity contribution in [1.82, 2.24) is 4.98 Å². The van der Waals surface area contributed by atoms with Gasteiger partial charge in [-0.2, -0.15) is 0 Å². The highest BCUT2D eigenvalue weighted by Crippen LogP contribution is 2.18. The average Bonchev–Trinajstić information content (AvgIpc) is 2.60. The maximum Gasteiger partial charge on any atom is 0.358 e. The normalized spacial score (nSPS) is 10.9. The minimum absolute atomic E-state index is 0.339. The number of nitrogens with zero attached hydrogens (tertiary/aromatic N) is 1. The van der Waals surface area contributed by atoms with Crippen LogP contribution < -0.4 is 5.32 Å². The fraction of sp³-hybridized carbons (Fsp3) is 0.455. The summed E-state index contributed by atoms with van der Waals surface area (Å²) < 4.78 is 5.20. The van der Waals surface area contributed by atoms with Crippen molar-refractivity contribution < 1.29 is 9.53 Å². The summed E-state index contributed by atoms with van der Waals surface area (Å²) in [5, 5.41) is 5.39. The summed E-state index contributed by atoms with van der Waals surface area (Å²) in [5.41, 5.74) is -0.151. The van der Waals surface area contributed by atoms with E-state index in [0.717, 1.165) is 0 Å². The molecule has 16 heavy (non-hydrogen) atoms. The lowest BCUT2D eigenvalue weighted by Gasteiger charge is -2.18. The Balaban J connectivity index is 2.63. The molecule has 0 aliphatic rings. The standard InChI is InChI=1S/C11H16N2O2S/c1-5-6-12-10-13-8(7-16-10)9(14)15-11(2,3)4/h5,7H,1,6H2,2-4H3,(H,12,13). The lowest BCUT2D eigenvalue weighted by Crippen LogP contribution is -2.24. The molecule has 0 radical (unpaired) electrons. The van der Waals surface area contributed by atoms with E-state index in [1.807, 2.05) is 20.8 Å². The van der Waals surface area contributed by atoms with Crippen LogP contribution in [0.2, 0.25) is 0 Å². The molecule has 5 heteroatoms. The average molecular weight is 240 g/mol. The van der Waals surface area contributed by atoms with Crippen LogP contribution in [0.3, 0.4) is 0 Å². The lowest BCUT2D eigenvalue weighted by molar-refractivity contribution is 0.00638. The van der Waals surface area contributed by atoms with Crippen molar-refractivity contribution in [3.05, 3.63) is 23.7 Å². The molecule has 88 valence electrons. The first kappa shape index (κ1) is 12.7. The molecule has 0 unspecified atom stereocenters. The van der Waals surface area contributed by atoms with Gasteiger partial charge in [-0.05, 0) is 20.8 Å². The Morgan fingerprint density at radius 2 is 2.38 bits per heavy atom. The number of hydrogen-bond acceptors (Lipinski definition) is 5. The molecule has 0 bridgehead atoms. The number of ether oxygens (including phenoxy) is 1. The van der Waals surface area contributed by atoms with Crippen LogP contribution in [0.5, 0.6) is 0 Å². The van der Waals surface area contributed by atoms with Gasteiger partial charge in [-0.15, -0.1) is 17.9 Å². The lowest BCUT2D eigenvalue weighted by atomic mass is 10.2. The molecule has 1 heterocycles. The number of esters is 1. The molecule has 1 N–H and O–H groups in total. The van der Waals surface area contributed by atoms with E-state index >= 15 is 0 Å². The summed E-state index contributed by atoms with van der Waals surface area (Å²) in [6.07, 6.45) is 1.73. The summed E-state index contributed by atoms with van der Waals surface area (Å²) >= 11 is 1.37. The molecule has 1 rings (SSSR count). The van der Waals surface area contributed by atoms with Gasteiger partial charge in [0.1, 0.15) is 5.60 Å². The van der Waals surface area contributed by atoms with Crippen molar-refractivity contribution >= 4 is 22.4 Å². The van der Waals surface area contributed by atoms with E-state index in [2.05, 4.69) is 16.9 Å². The Morgan fingerprint density at radius 1 is 1.69 bits per heavy atom. The minimum atomic E-state index is -0.491. The highest BCUT2D eigenvalue weighted by molar-refractivity contribution is 7.13. The first-order valence-electron chi connectivity index (χ1n) is 4.96. The minimum Gasteiger partial charge on any atom is -0.455 e. The summed E-state index contributed by atoms with van der Waals surface area (Å²) in [7, 11) is 0. The molecule has 0 fully saturated rings. The molecule has 0 aliphatic carbocycles. The monoisotopic (exact) mass is 240 g/mol. The Labute approximate surface area is 99.3 Å². The Morgan fingerprint density at radius 3 is 2.94 bits per heavy atom. The van der Waals surface area contributed by atoms with Gasteiger partial charge in [0.2, 0.25) is 0 Å². The molecule has 0 saturated heterocycles. The van der Waals surface area contributed by atoms with E-state index < -0.39 is 11.6 Å². The molecule has 0 spiro atoms. The van der Waals surface area contributed by atoms with E-state index in [1.165, 1.54) is 11.3 Å².